The molecule has 8 heteroatoms. The van der Waals surface area contributed by atoms with Gasteiger partial charge in [0.2, 0.25) is 10.0 Å². The topological polar surface area (TPSA) is 79.6 Å². The number of anilines is 2. The van der Waals surface area contributed by atoms with Crippen molar-refractivity contribution in [2.24, 2.45) is 0 Å². The summed E-state index contributed by atoms with van der Waals surface area (Å²) in [4.78, 5) is 5.13. The van der Waals surface area contributed by atoms with Gasteiger partial charge in [0.25, 0.3) is 0 Å². The SMILES string of the molecule is Cc1cc2nc(C3CCCCC3)cc(Nc3ccc(S(=O)(=O)N(C)C)cc3)n2n1. The predicted octanol–water partition coefficient (Wildman–Crippen LogP) is 4.08. The predicted molar refractivity (Wildman–Crippen MR) is 114 cm³/mol. The van der Waals surface area contributed by atoms with Crippen molar-refractivity contribution in [2.45, 2.75) is 49.8 Å². The molecule has 4 rings (SSSR count). The molecule has 0 radical (unpaired) electrons. The van der Waals surface area contributed by atoms with E-state index in [1.165, 1.54) is 50.5 Å². The number of nitrogens with one attached hydrogen (secondary N) is 1. The van der Waals surface area contributed by atoms with Crippen molar-refractivity contribution < 1.29 is 8.42 Å². The molecule has 0 atom stereocenters. The third kappa shape index (κ3) is 4.00. The highest BCUT2D eigenvalue weighted by atomic mass is 32.2. The van der Waals surface area contributed by atoms with Crippen molar-refractivity contribution in [3.63, 3.8) is 0 Å². The molecule has 2 heterocycles. The van der Waals surface area contributed by atoms with Crippen LogP contribution in [0.3, 0.4) is 0 Å². The zero-order valence-corrected chi connectivity index (χ0v) is 17.9. The van der Waals surface area contributed by atoms with Gasteiger partial charge in [0.15, 0.2) is 5.65 Å². The lowest BCUT2D eigenvalue weighted by atomic mass is 9.87. The first-order chi connectivity index (χ1) is 13.8. The van der Waals surface area contributed by atoms with Gasteiger partial charge in [-0.3, -0.25) is 0 Å². The van der Waals surface area contributed by atoms with Crippen LogP contribution in [0.4, 0.5) is 11.5 Å². The Hall–Kier alpha value is -2.45. The van der Waals surface area contributed by atoms with Crippen LogP contribution in [-0.2, 0) is 10.0 Å². The molecule has 1 N–H and O–H groups in total. The van der Waals surface area contributed by atoms with Crippen molar-refractivity contribution >= 4 is 27.2 Å². The molecule has 0 amide bonds. The number of fused-ring (bicyclic) bond motifs is 1. The number of hydrogen-bond donors (Lipinski definition) is 1. The summed E-state index contributed by atoms with van der Waals surface area (Å²) in [5.41, 5.74) is 3.65. The van der Waals surface area contributed by atoms with Gasteiger partial charge in [-0.2, -0.15) is 9.61 Å². The first-order valence-electron chi connectivity index (χ1n) is 10.0. The second-order valence-electron chi connectivity index (χ2n) is 7.89. The summed E-state index contributed by atoms with van der Waals surface area (Å²) in [6.07, 6.45) is 6.15. The Balaban J connectivity index is 1.68. The van der Waals surface area contributed by atoms with Crippen molar-refractivity contribution in [3.8, 4) is 0 Å². The van der Waals surface area contributed by atoms with Crippen LogP contribution in [0.1, 0.15) is 49.4 Å². The number of sulfonamides is 1. The second kappa shape index (κ2) is 7.76. The smallest absolute Gasteiger partial charge is 0.242 e. The Morgan fingerprint density at radius 2 is 1.76 bits per heavy atom. The highest BCUT2D eigenvalue weighted by Gasteiger charge is 2.20. The lowest BCUT2D eigenvalue weighted by Crippen LogP contribution is -2.22. The van der Waals surface area contributed by atoms with E-state index in [4.69, 9.17) is 4.98 Å². The Labute approximate surface area is 171 Å². The number of aromatic nitrogens is 3. The summed E-state index contributed by atoms with van der Waals surface area (Å²) in [7, 11) is -0.382. The molecule has 3 aromatic rings. The second-order valence-corrected chi connectivity index (χ2v) is 10.0. The standard InChI is InChI=1S/C21H27N5O2S/c1-15-13-20-23-19(16-7-5-4-6-8-16)14-21(26(20)24-15)22-17-9-11-18(12-10-17)29(27,28)25(2)3/h9-14,16,22H,4-8H2,1-3H3. The quantitative estimate of drug-likeness (QED) is 0.682. The van der Waals surface area contributed by atoms with Crippen LogP contribution in [0.15, 0.2) is 41.3 Å². The zero-order valence-electron chi connectivity index (χ0n) is 17.1. The van der Waals surface area contributed by atoms with Crippen LogP contribution in [0.5, 0.6) is 0 Å². The average Bonchev–Trinajstić information content (AvgIpc) is 3.09. The Morgan fingerprint density at radius 3 is 2.41 bits per heavy atom. The van der Waals surface area contributed by atoms with Gasteiger partial charge in [-0.05, 0) is 44.0 Å². The third-order valence-electron chi connectivity index (χ3n) is 5.50. The fourth-order valence-electron chi connectivity index (χ4n) is 3.87. The van der Waals surface area contributed by atoms with E-state index in [1.807, 2.05) is 17.5 Å². The highest BCUT2D eigenvalue weighted by Crippen LogP contribution is 2.33. The minimum Gasteiger partial charge on any atom is -0.340 e. The molecule has 154 valence electrons. The van der Waals surface area contributed by atoms with E-state index in [1.54, 1.807) is 24.3 Å². The maximum absolute atomic E-state index is 12.3. The molecule has 2 aromatic heterocycles. The molecule has 0 aliphatic heterocycles. The Bertz CT molecular complexity index is 1110. The fraction of sp³-hybridized carbons (Fsp3) is 0.429. The van der Waals surface area contributed by atoms with Crippen molar-refractivity contribution in [1.82, 2.24) is 18.9 Å². The molecule has 1 aliphatic carbocycles. The van der Waals surface area contributed by atoms with Gasteiger partial charge < -0.3 is 5.32 Å². The van der Waals surface area contributed by atoms with Crippen LogP contribution in [-0.4, -0.2) is 41.4 Å². The van der Waals surface area contributed by atoms with Crippen molar-refractivity contribution in [2.75, 3.05) is 19.4 Å². The lowest BCUT2D eigenvalue weighted by Gasteiger charge is -2.22. The van der Waals surface area contributed by atoms with Crippen molar-refractivity contribution in [3.05, 3.63) is 47.8 Å². The van der Waals surface area contributed by atoms with Crippen LogP contribution in [0.2, 0.25) is 0 Å². The molecule has 7 nitrogen and oxygen atoms in total. The van der Waals surface area contributed by atoms with E-state index in [9.17, 15) is 8.42 Å². The van der Waals surface area contributed by atoms with E-state index in [-0.39, 0.29) is 4.90 Å². The minimum atomic E-state index is -3.44. The van der Waals surface area contributed by atoms with E-state index < -0.39 is 10.0 Å². The maximum atomic E-state index is 12.3. The van der Waals surface area contributed by atoms with E-state index in [2.05, 4.69) is 16.5 Å². The number of nitrogens with zero attached hydrogens (tertiary/aromatic N) is 4. The molecule has 1 aromatic carbocycles. The monoisotopic (exact) mass is 413 g/mol. The molecular weight excluding hydrogens is 386 g/mol. The minimum absolute atomic E-state index is 0.269. The lowest BCUT2D eigenvalue weighted by molar-refractivity contribution is 0.437. The van der Waals surface area contributed by atoms with Gasteiger partial charge in [-0.15, -0.1) is 0 Å². The normalized spacial score (nSPS) is 15.9. The van der Waals surface area contributed by atoms with Crippen LogP contribution in [0.25, 0.3) is 5.65 Å². The molecular formula is C21H27N5O2S. The Morgan fingerprint density at radius 1 is 1.07 bits per heavy atom. The van der Waals surface area contributed by atoms with Gasteiger partial charge in [-0.25, -0.2) is 17.7 Å². The molecule has 0 spiro atoms. The summed E-state index contributed by atoms with van der Waals surface area (Å²) >= 11 is 0. The molecule has 29 heavy (non-hydrogen) atoms. The first-order valence-corrected chi connectivity index (χ1v) is 11.5. The van der Waals surface area contributed by atoms with Crippen LogP contribution < -0.4 is 5.32 Å². The molecule has 1 saturated carbocycles. The van der Waals surface area contributed by atoms with Crippen LogP contribution >= 0.6 is 0 Å². The number of benzene rings is 1. The Kier molecular flexibility index (Phi) is 5.31. The first kappa shape index (κ1) is 19.8. The largest absolute Gasteiger partial charge is 0.340 e. The summed E-state index contributed by atoms with van der Waals surface area (Å²) in [6.45, 7) is 1.96. The highest BCUT2D eigenvalue weighted by molar-refractivity contribution is 7.89. The van der Waals surface area contributed by atoms with Crippen molar-refractivity contribution in [1.29, 1.82) is 0 Å². The number of rotatable bonds is 5. The third-order valence-corrected chi connectivity index (χ3v) is 7.33. The molecule has 1 fully saturated rings. The van der Waals surface area contributed by atoms with Gasteiger partial charge >= 0.3 is 0 Å². The van der Waals surface area contributed by atoms with E-state index in [0.717, 1.165) is 28.5 Å². The summed E-state index contributed by atoms with van der Waals surface area (Å²) in [5.74, 6) is 1.32. The number of aryl methyl sites for hydroxylation is 1. The zero-order chi connectivity index (χ0) is 20.6. The van der Waals surface area contributed by atoms with E-state index >= 15 is 0 Å². The summed E-state index contributed by atoms with van der Waals surface area (Å²) in [5, 5.41) is 7.96. The molecule has 0 bridgehead atoms. The van der Waals surface area contributed by atoms with Crippen LogP contribution in [0, 0.1) is 6.92 Å². The van der Waals surface area contributed by atoms with Gasteiger partial charge in [0, 0.05) is 43.5 Å². The maximum Gasteiger partial charge on any atom is 0.242 e. The molecule has 0 unspecified atom stereocenters. The average molecular weight is 414 g/mol. The van der Waals surface area contributed by atoms with Gasteiger partial charge in [0.1, 0.15) is 5.82 Å². The van der Waals surface area contributed by atoms with Gasteiger partial charge in [0.05, 0.1) is 10.6 Å². The van der Waals surface area contributed by atoms with E-state index in [0.29, 0.717) is 5.92 Å². The molecule has 0 saturated heterocycles. The number of hydrogen-bond acceptors (Lipinski definition) is 5. The molecule has 1 aliphatic rings. The summed E-state index contributed by atoms with van der Waals surface area (Å²) < 4.78 is 27.6. The summed E-state index contributed by atoms with van der Waals surface area (Å²) in [6, 6.07) is 10.9. The van der Waals surface area contributed by atoms with Gasteiger partial charge in [-0.1, -0.05) is 19.3 Å². The fourth-order valence-corrected chi connectivity index (χ4v) is 4.78.